The van der Waals surface area contributed by atoms with Gasteiger partial charge in [-0.2, -0.15) is 0 Å². The predicted octanol–water partition coefficient (Wildman–Crippen LogP) is 2.04. The van der Waals surface area contributed by atoms with E-state index in [1.807, 2.05) is 0 Å². The van der Waals surface area contributed by atoms with Crippen molar-refractivity contribution in [3.8, 4) is 0 Å². The smallest absolute Gasteiger partial charge is 0.153 e. The van der Waals surface area contributed by atoms with Crippen LogP contribution in [0.25, 0.3) is 0 Å². The fourth-order valence-corrected chi connectivity index (χ4v) is 0.853. The normalized spacial score (nSPS) is 11.6. The molecular weight excluding hydrogens is 164 g/mol. The Morgan fingerprint density at radius 2 is 1.85 bits per heavy atom. The molecule has 0 radical (unpaired) electrons. The molecule has 1 aromatic heterocycles. The summed E-state index contributed by atoms with van der Waals surface area (Å²) >= 11 is 0. The maximum Gasteiger partial charge on any atom is 0.153 e. The fourth-order valence-electron chi connectivity index (χ4n) is 0.853. The lowest BCUT2D eigenvalue weighted by Gasteiger charge is -2.17. The van der Waals surface area contributed by atoms with Crippen molar-refractivity contribution in [2.75, 3.05) is 6.61 Å². The Balaban J connectivity index is 2.29. The zero-order valence-corrected chi connectivity index (χ0v) is 8.45. The van der Waals surface area contributed by atoms with Gasteiger partial charge in [-0.25, -0.2) is 9.97 Å². The highest BCUT2D eigenvalue weighted by molar-refractivity contribution is 4.86. The monoisotopic (exact) mass is 180 g/mol. The van der Waals surface area contributed by atoms with Crippen LogP contribution >= 0.6 is 0 Å². The largest absolute Gasteiger partial charge is 0.373 e. The zero-order valence-electron chi connectivity index (χ0n) is 8.45. The molecule has 0 aliphatic rings. The van der Waals surface area contributed by atoms with Crippen molar-refractivity contribution in [2.24, 2.45) is 5.41 Å². The average Bonchev–Trinajstić information content (AvgIpc) is 2.04. The summed E-state index contributed by atoms with van der Waals surface area (Å²) in [5, 5.41) is 0. The second-order valence-electron chi connectivity index (χ2n) is 4.22. The van der Waals surface area contributed by atoms with Crippen LogP contribution in [0.4, 0.5) is 0 Å². The second-order valence-corrected chi connectivity index (χ2v) is 4.22. The van der Waals surface area contributed by atoms with Crippen molar-refractivity contribution in [1.29, 1.82) is 0 Å². The molecule has 0 spiro atoms. The van der Waals surface area contributed by atoms with Crippen molar-refractivity contribution in [2.45, 2.75) is 27.4 Å². The molecule has 0 N–H and O–H groups in total. The number of ether oxygens (including phenoxy) is 1. The first-order chi connectivity index (χ1) is 6.08. The highest BCUT2D eigenvalue weighted by Gasteiger charge is 2.09. The van der Waals surface area contributed by atoms with Crippen molar-refractivity contribution in [3.63, 3.8) is 0 Å². The van der Waals surface area contributed by atoms with Gasteiger partial charge in [-0.1, -0.05) is 20.8 Å². The van der Waals surface area contributed by atoms with Crippen molar-refractivity contribution >= 4 is 0 Å². The third kappa shape index (κ3) is 4.58. The van der Waals surface area contributed by atoms with Gasteiger partial charge in [0.1, 0.15) is 6.61 Å². The van der Waals surface area contributed by atoms with Crippen LogP contribution in [0, 0.1) is 5.41 Å². The van der Waals surface area contributed by atoms with Gasteiger partial charge in [0.25, 0.3) is 0 Å². The predicted molar refractivity (Wildman–Crippen MR) is 51.1 cm³/mol. The molecule has 0 saturated heterocycles. The summed E-state index contributed by atoms with van der Waals surface area (Å²) in [6.45, 7) is 7.64. The number of nitrogens with zero attached hydrogens (tertiary/aromatic N) is 2. The van der Waals surface area contributed by atoms with E-state index >= 15 is 0 Å². The van der Waals surface area contributed by atoms with E-state index in [1.54, 1.807) is 18.5 Å². The third-order valence-corrected chi connectivity index (χ3v) is 1.39. The number of hydrogen-bond donors (Lipinski definition) is 0. The first-order valence-electron chi connectivity index (χ1n) is 4.41. The van der Waals surface area contributed by atoms with Crippen molar-refractivity contribution in [3.05, 3.63) is 24.3 Å². The van der Waals surface area contributed by atoms with Gasteiger partial charge in [-0.3, -0.25) is 0 Å². The molecule has 0 unspecified atom stereocenters. The molecule has 0 atom stereocenters. The molecule has 1 aromatic rings. The van der Waals surface area contributed by atoms with Gasteiger partial charge in [0.05, 0.1) is 6.61 Å². The van der Waals surface area contributed by atoms with Crippen LogP contribution in [0.3, 0.4) is 0 Å². The van der Waals surface area contributed by atoms with Crippen LogP contribution in [-0.4, -0.2) is 16.6 Å². The van der Waals surface area contributed by atoms with E-state index in [4.69, 9.17) is 4.74 Å². The summed E-state index contributed by atoms with van der Waals surface area (Å²) in [6.07, 6.45) is 3.45. The molecule has 0 aliphatic heterocycles. The topological polar surface area (TPSA) is 35.0 Å². The van der Waals surface area contributed by atoms with Gasteiger partial charge in [0, 0.05) is 12.4 Å². The van der Waals surface area contributed by atoms with Crippen molar-refractivity contribution in [1.82, 2.24) is 9.97 Å². The molecule has 0 saturated carbocycles. The van der Waals surface area contributed by atoms with E-state index in [2.05, 4.69) is 30.7 Å². The van der Waals surface area contributed by atoms with Crippen LogP contribution in [-0.2, 0) is 11.3 Å². The first kappa shape index (κ1) is 10.1. The highest BCUT2D eigenvalue weighted by atomic mass is 16.5. The number of hydrogen-bond acceptors (Lipinski definition) is 3. The van der Waals surface area contributed by atoms with E-state index in [0.717, 1.165) is 12.4 Å². The lowest BCUT2D eigenvalue weighted by molar-refractivity contribution is 0.0561. The Hall–Kier alpha value is -0.960. The number of aromatic nitrogens is 2. The molecule has 1 rings (SSSR count). The summed E-state index contributed by atoms with van der Waals surface area (Å²) < 4.78 is 5.46. The molecule has 0 aromatic carbocycles. The van der Waals surface area contributed by atoms with Gasteiger partial charge >= 0.3 is 0 Å². The third-order valence-electron chi connectivity index (χ3n) is 1.39. The maximum atomic E-state index is 5.46. The van der Waals surface area contributed by atoms with Gasteiger partial charge in [0.15, 0.2) is 5.82 Å². The molecule has 1 heterocycles. The van der Waals surface area contributed by atoms with E-state index in [0.29, 0.717) is 6.61 Å². The Bertz CT molecular complexity index is 241. The molecule has 0 fully saturated rings. The minimum Gasteiger partial charge on any atom is -0.373 e. The van der Waals surface area contributed by atoms with Gasteiger partial charge < -0.3 is 4.74 Å². The quantitative estimate of drug-likeness (QED) is 0.714. The standard InChI is InChI=1S/C10H16N2O/c1-10(2,3)8-13-7-9-11-5-4-6-12-9/h4-6H,7-8H2,1-3H3. The average molecular weight is 180 g/mol. The molecule has 72 valence electrons. The van der Waals surface area contributed by atoms with Gasteiger partial charge in [-0.15, -0.1) is 0 Å². The Morgan fingerprint density at radius 1 is 1.23 bits per heavy atom. The maximum absolute atomic E-state index is 5.46. The van der Waals surface area contributed by atoms with Crippen molar-refractivity contribution < 1.29 is 4.74 Å². The zero-order chi connectivity index (χ0) is 9.73. The molecule has 0 amide bonds. The molecule has 13 heavy (non-hydrogen) atoms. The summed E-state index contributed by atoms with van der Waals surface area (Å²) in [5.41, 5.74) is 0.203. The SMILES string of the molecule is CC(C)(C)COCc1ncccn1. The van der Waals surface area contributed by atoms with E-state index in [-0.39, 0.29) is 5.41 Å². The molecular formula is C10H16N2O. The molecule has 3 nitrogen and oxygen atoms in total. The Morgan fingerprint density at radius 3 is 2.38 bits per heavy atom. The minimum absolute atomic E-state index is 0.203. The second kappa shape index (κ2) is 4.33. The summed E-state index contributed by atoms with van der Waals surface area (Å²) in [5.74, 6) is 0.742. The minimum atomic E-state index is 0.203. The Kier molecular flexibility index (Phi) is 3.37. The fraction of sp³-hybridized carbons (Fsp3) is 0.600. The lowest BCUT2D eigenvalue weighted by atomic mass is 9.99. The molecule has 0 aliphatic carbocycles. The van der Waals surface area contributed by atoms with Crippen LogP contribution in [0.1, 0.15) is 26.6 Å². The number of rotatable bonds is 3. The summed E-state index contributed by atoms with van der Waals surface area (Å²) in [4.78, 5) is 8.12. The van der Waals surface area contributed by atoms with E-state index in [1.165, 1.54) is 0 Å². The molecule has 3 heteroatoms. The summed E-state index contributed by atoms with van der Waals surface area (Å²) in [7, 11) is 0. The molecule has 0 bridgehead atoms. The van der Waals surface area contributed by atoms with Crippen LogP contribution in [0.15, 0.2) is 18.5 Å². The van der Waals surface area contributed by atoms with Crippen LogP contribution in [0.5, 0.6) is 0 Å². The van der Waals surface area contributed by atoms with Crippen LogP contribution in [0.2, 0.25) is 0 Å². The summed E-state index contributed by atoms with van der Waals surface area (Å²) in [6, 6.07) is 1.80. The lowest BCUT2D eigenvalue weighted by Crippen LogP contribution is -2.14. The van der Waals surface area contributed by atoms with Gasteiger partial charge in [-0.05, 0) is 11.5 Å². The van der Waals surface area contributed by atoms with E-state index < -0.39 is 0 Å². The van der Waals surface area contributed by atoms with Gasteiger partial charge in [0.2, 0.25) is 0 Å². The van der Waals surface area contributed by atoms with Crippen LogP contribution < -0.4 is 0 Å². The first-order valence-corrected chi connectivity index (χ1v) is 4.41. The Labute approximate surface area is 79.2 Å². The highest BCUT2D eigenvalue weighted by Crippen LogP contribution is 2.13. The van der Waals surface area contributed by atoms with E-state index in [9.17, 15) is 0 Å².